The van der Waals surface area contributed by atoms with E-state index < -0.39 is 32.4 Å². The summed E-state index contributed by atoms with van der Waals surface area (Å²) >= 11 is 0.767. The molecule has 0 aliphatic rings. The van der Waals surface area contributed by atoms with Crippen LogP contribution in [0.2, 0.25) is 0 Å². The third kappa shape index (κ3) is 4.17. The second-order valence-corrected chi connectivity index (χ2v) is 8.14. The SMILES string of the molecule is NC(=O)CSc1oc(-c2ccc(F)cc2)nc1S(=O)(=O)c1ccc(F)cc1. The number of rotatable bonds is 6. The maximum Gasteiger partial charge on any atom is 0.228 e. The highest BCUT2D eigenvalue weighted by molar-refractivity contribution is 8.00. The molecule has 1 heterocycles. The van der Waals surface area contributed by atoms with E-state index in [4.69, 9.17) is 10.2 Å². The summed E-state index contributed by atoms with van der Waals surface area (Å²) in [5, 5.41) is -0.572. The van der Waals surface area contributed by atoms with Gasteiger partial charge in [-0.2, -0.15) is 4.98 Å². The smallest absolute Gasteiger partial charge is 0.228 e. The third-order valence-corrected chi connectivity index (χ3v) is 6.16. The summed E-state index contributed by atoms with van der Waals surface area (Å²) in [5.74, 6) is -2.05. The van der Waals surface area contributed by atoms with Crippen molar-refractivity contribution in [3.05, 3.63) is 60.2 Å². The zero-order valence-corrected chi connectivity index (χ0v) is 15.2. The van der Waals surface area contributed by atoms with E-state index >= 15 is 0 Å². The summed E-state index contributed by atoms with van der Waals surface area (Å²) in [4.78, 5) is 14.9. The molecule has 0 fully saturated rings. The zero-order valence-electron chi connectivity index (χ0n) is 13.6. The van der Waals surface area contributed by atoms with Gasteiger partial charge in [0, 0.05) is 5.56 Å². The minimum atomic E-state index is -4.15. The van der Waals surface area contributed by atoms with E-state index in [2.05, 4.69) is 4.98 Å². The van der Waals surface area contributed by atoms with Gasteiger partial charge in [0.1, 0.15) is 11.6 Å². The Morgan fingerprint density at radius 1 is 1.04 bits per heavy atom. The molecule has 0 aliphatic heterocycles. The van der Waals surface area contributed by atoms with Crippen LogP contribution in [0, 0.1) is 11.6 Å². The summed E-state index contributed by atoms with van der Waals surface area (Å²) in [7, 11) is -4.15. The second kappa shape index (κ2) is 7.49. The van der Waals surface area contributed by atoms with Crippen LogP contribution in [-0.2, 0) is 14.6 Å². The van der Waals surface area contributed by atoms with E-state index in [0.717, 1.165) is 36.0 Å². The zero-order chi connectivity index (χ0) is 19.6. The number of carbonyl (C=O) groups excluding carboxylic acids is 1. The van der Waals surface area contributed by atoms with Crippen molar-refractivity contribution in [2.75, 3.05) is 5.75 Å². The van der Waals surface area contributed by atoms with Crippen LogP contribution in [-0.4, -0.2) is 25.1 Å². The Balaban J connectivity index is 2.10. The van der Waals surface area contributed by atoms with Crippen LogP contribution in [0.3, 0.4) is 0 Å². The molecule has 0 saturated carbocycles. The van der Waals surface area contributed by atoms with Gasteiger partial charge >= 0.3 is 0 Å². The van der Waals surface area contributed by atoms with Crippen molar-refractivity contribution < 1.29 is 26.4 Å². The number of amides is 1. The summed E-state index contributed by atoms with van der Waals surface area (Å²) < 4.78 is 57.5. The number of halogens is 2. The first kappa shape index (κ1) is 19.1. The number of benzene rings is 2. The molecule has 3 aromatic rings. The molecule has 0 radical (unpaired) electrons. The number of carbonyl (C=O) groups is 1. The lowest BCUT2D eigenvalue weighted by Gasteiger charge is -2.02. The van der Waals surface area contributed by atoms with E-state index in [1.54, 1.807) is 0 Å². The normalized spacial score (nSPS) is 11.5. The molecular formula is C17H12F2N2O4S2. The first-order valence-corrected chi connectivity index (χ1v) is 9.93. The molecule has 27 heavy (non-hydrogen) atoms. The predicted molar refractivity (Wildman–Crippen MR) is 93.7 cm³/mol. The Hall–Kier alpha value is -2.72. The average molecular weight is 410 g/mol. The minimum absolute atomic E-state index is 0.0670. The van der Waals surface area contributed by atoms with Crippen LogP contribution >= 0.6 is 11.8 Å². The number of hydrogen-bond donors (Lipinski definition) is 1. The van der Waals surface area contributed by atoms with Crippen molar-refractivity contribution >= 4 is 27.5 Å². The molecule has 140 valence electrons. The molecule has 6 nitrogen and oxygen atoms in total. The molecule has 2 N–H and O–H groups in total. The highest BCUT2D eigenvalue weighted by Crippen LogP contribution is 2.34. The molecule has 1 amide bonds. The number of thioether (sulfide) groups is 1. The highest BCUT2D eigenvalue weighted by atomic mass is 32.2. The molecule has 3 rings (SSSR count). The fourth-order valence-electron chi connectivity index (χ4n) is 2.13. The van der Waals surface area contributed by atoms with Gasteiger partial charge in [-0.25, -0.2) is 17.2 Å². The number of nitrogens with two attached hydrogens (primary N) is 1. The lowest BCUT2D eigenvalue weighted by molar-refractivity contribution is -0.115. The van der Waals surface area contributed by atoms with Crippen LogP contribution in [0.1, 0.15) is 0 Å². The van der Waals surface area contributed by atoms with Crippen molar-refractivity contribution in [1.29, 1.82) is 0 Å². The van der Waals surface area contributed by atoms with Gasteiger partial charge in [-0.05, 0) is 48.5 Å². The van der Waals surface area contributed by atoms with E-state index in [-0.39, 0.29) is 21.6 Å². The van der Waals surface area contributed by atoms with E-state index in [1.165, 1.54) is 24.3 Å². The maximum absolute atomic E-state index is 13.1. The van der Waals surface area contributed by atoms with E-state index in [0.29, 0.717) is 5.56 Å². The van der Waals surface area contributed by atoms with Gasteiger partial charge in [-0.15, -0.1) is 0 Å². The predicted octanol–water partition coefficient (Wildman–Crippen LogP) is 3.03. The molecule has 0 unspecified atom stereocenters. The van der Waals surface area contributed by atoms with Gasteiger partial charge in [-0.3, -0.25) is 4.79 Å². The molecule has 10 heteroatoms. The van der Waals surface area contributed by atoms with E-state index in [1.807, 2.05) is 0 Å². The van der Waals surface area contributed by atoms with Crippen molar-refractivity contribution in [2.24, 2.45) is 5.73 Å². The third-order valence-electron chi connectivity index (χ3n) is 3.38. The van der Waals surface area contributed by atoms with Gasteiger partial charge in [0.05, 0.1) is 10.6 Å². The Labute approximate surface area is 157 Å². The monoisotopic (exact) mass is 410 g/mol. The van der Waals surface area contributed by atoms with Crippen molar-refractivity contribution in [2.45, 2.75) is 15.0 Å². The minimum Gasteiger partial charge on any atom is -0.428 e. The summed E-state index contributed by atoms with van der Waals surface area (Å²) in [6.45, 7) is 0. The summed E-state index contributed by atoms with van der Waals surface area (Å²) in [6, 6.07) is 9.29. The fraction of sp³-hybridized carbons (Fsp3) is 0.0588. The van der Waals surface area contributed by atoms with Crippen LogP contribution < -0.4 is 5.73 Å². The second-order valence-electron chi connectivity index (χ2n) is 5.33. The van der Waals surface area contributed by atoms with Gasteiger partial charge < -0.3 is 10.2 Å². The molecule has 0 spiro atoms. The van der Waals surface area contributed by atoms with Crippen LogP contribution in [0.4, 0.5) is 8.78 Å². The molecule has 1 aromatic heterocycles. The van der Waals surface area contributed by atoms with Crippen molar-refractivity contribution in [1.82, 2.24) is 4.98 Å². The Bertz CT molecular complexity index is 1080. The number of hydrogen-bond acceptors (Lipinski definition) is 6. The molecule has 2 aromatic carbocycles. The first-order valence-electron chi connectivity index (χ1n) is 7.46. The lowest BCUT2D eigenvalue weighted by atomic mass is 10.2. The highest BCUT2D eigenvalue weighted by Gasteiger charge is 2.29. The van der Waals surface area contributed by atoms with Crippen molar-refractivity contribution in [3.63, 3.8) is 0 Å². The number of sulfone groups is 1. The number of nitrogens with zero attached hydrogens (tertiary/aromatic N) is 1. The quantitative estimate of drug-likeness (QED) is 0.495. The van der Waals surface area contributed by atoms with E-state index in [9.17, 15) is 22.0 Å². The maximum atomic E-state index is 13.1. The van der Waals surface area contributed by atoms with Gasteiger partial charge in [-0.1, -0.05) is 11.8 Å². The van der Waals surface area contributed by atoms with Gasteiger partial charge in [0.25, 0.3) is 0 Å². The number of oxazole rings is 1. The molecular weight excluding hydrogens is 398 g/mol. The summed E-state index contributed by atoms with van der Waals surface area (Å²) in [5.41, 5.74) is 5.45. The lowest BCUT2D eigenvalue weighted by Crippen LogP contribution is -2.13. The van der Waals surface area contributed by atoms with Crippen LogP contribution in [0.25, 0.3) is 11.5 Å². The van der Waals surface area contributed by atoms with Crippen LogP contribution in [0.15, 0.2) is 68.0 Å². The molecule has 0 atom stereocenters. The number of aromatic nitrogens is 1. The average Bonchev–Trinajstić information content (AvgIpc) is 3.06. The first-order chi connectivity index (χ1) is 12.8. The Kier molecular flexibility index (Phi) is 5.29. The fourth-order valence-corrected chi connectivity index (χ4v) is 4.40. The Morgan fingerprint density at radius 3 is 2.15 bits per heavy atom. The largest absolute Gasteiger partial charge is 0.428 e. The van der Waals surface area contributed by atoms with Gasteiger partial charge in [0.2, 0.25) is 31.8 Å². The molecule has 0 bridgehead atoms. The topological polar surface area (TPSA) is 103 Å². The Morgan fingerprint density at radius 2 is 1.59 bits per heavy atom. The van der Waals surface area contributed by atoms with Gasteiger partial charge in [0.15, 0.2) is 0 Å². The summed E-state index contributed by atoms with van der Waals surface area (Å²) in [6.07, 6.45) is 0. The standard InChI is InChI=1S/C17H12F2N2O4S2/c18-11-3-1-10(2-4-11)15-21-16(17(25-15)26-9-14(20)22)27(23,24)13-7-5-12(19)6-8-13/h1-8H,9H2,(H2,20,22). The number of primary amides is 1. The van der Waals surface area contributed by atoms with Crippen LogP contribution in [0.5, 0.6) is 0 Å². The molecule has 0 saturated heterocycles. The van der Waals surface area contributed by atoms with Crippen molar-refractivity contribution in [3.8, 4) is 11.5 Å². The molecule has 0 aliphatic carbocycles.